The minimum absolute atomic E-state index is 0.0417. The Morgan fingerprint density at radius 3 is 2.74 bits per heavy atom. The van der Waals surface area contributed by atoms with Gasteiger partial charge in [0.25, 0.3) is 5.91 Å². The maximum absolute atomic E-state index is 13.1. The van der Waals surface area contributed by atoms with Crippen LogP contribution in [-0.2, 0) is 16.0 Å². The van der Waals surface area contributed by atoms with Crippen molar-refractivity contribution in [1.82, 2.24) is 20.0 Å². The molecule has 1 N–H and O–H groups in total. The van der Waals surface area contributed by atoms with Gasteiger partial charge in [-0.15, -0.1) is 16.4 Å². The van der Waals surface area contributed by atoms with E-state index in [1.807, 2.05) is 0 Å². The Morgan fingerprint density at radius 2 is 2.04 bits per heavy atom. The van der Waals surface area contributed by atoms with Crippen molar-refractivity contribution in [2.75, 3.05) is 11.9 Å². The fourth-order valence-corrected chi connectivity index (χ4v) is 3.03. The summed E-state index contributed by atoms with van der Waals surface area (Å²) < 4.78 is 19.4. The number of nitrogens with one attached hydrogen (secondary N) is 1. The molecule has 0 aliphatic rings. The van der Waals surface area contributed by atoms with Crippen LogP contribution < -0.4 is 5.32 Å². The maximum atomic E-state index is 13.1. The third-order valence-corrected chi connectivity index (χ3v) is 4.39. The largest absolute Gasteiger partial charge is 0.466 e. The van der Waals surface area contributed by atoms with Gasteiger partial charge in [-0.1, -0.05) is 5.21 Å². The van der Waals surface area contributed by atoms with Gasteiger partial charge in [-0.25, -0.2) is 14.1 Å². The number of carbonyl (C=O) groups is 2. The first-order chi connectivity index (χ1) is 13.0. The normalized spacial score (nSPS) is 10.6. The molecular formula is C17H16FN5O3S. The predicted octanol–water partition coefficient (Wildman–Crippen LogP) is 2.53. The summed E-state index contributed by atoms with van der Waals surface area (Å²) in [6.07, 6.45) is 0.0417. The molecule has 0 saturated heterocycles. The molecular weight excluding hydrogens is 373 g/mol. The minimum Gasteiger partial charge on any atom is -0.466 e. The minimum atomic E-state index is -0.474. The molecule has 0 fully saturated rings. The Labute approximate surface area is 158 Å². The summed E-state index contributed by atoms with van der Waals surface area (Å²) in [5, 5.41) is 12.5. The van der Waals surface area contributed by atoms with E-state index < -0.39 is 5.91 Å². The fraction of sp³-hybridized carbons (Fsp3) is 0.235. The number of amides is 1. The van der Waals surface area contributed by atoms with Gasteiger partial charge in [0.15, 0.2) is 10.8 Å². The van der Waals surface area contributed by atoms with E-state index in [0.29, 0.717) is 28.8 Å². The van der Waals surface area contributed by atoms with Crippen LogP contribution in [0.3, 0.4) is 0 Å². The Balaban J connectivity index is 1.71. The van der Waals surface area contributed by atoms with Crippen LogP contribution >= 0.6 is 11.3 Å². The van der Waals surface area contributed by atoms with Crippen molar-refractivity contribution in [2.24, 2.45) is 0 Å². The highest BCUT2D eigenvalue weighted by Gasteiger charge is 2.19. The number of esters is 1. The van der Waals surface area contributed by atoms with Crippen molar-refractivity contribution < 1.29 is 18.7 Å². The molecule has 0 aliphatic heterocycles. The van der Waals surface area contributed by atoms with Crippen LogP contribution in [0.25, 0.3) is 5.69 Å². The van der Waals surface area contributed by atoms with Gasteiger partial charge >= 0.3 is 5.97 Å². The van der Waals surface area contributed by atoms with E-state index in [2.05, 4.69) is 20.6 Å². The lowest BCUT2D eigenvalue weighted by atomic mass is 10.3. The SMILES string of the molecule is CCOC(=O)Cc1csc(NC(=O)c2nnn(-c3ccc(F)cc3)c2C)n1. The van der Waals surface area contributed by atoms with Crippen molar-refractivity contribution in [1.29, 1.82) is 0 Å². The van der Waals surface area contributed by atoms with Gasteiger partial charge in [0.1, 0.15) is 5.82 Å². The molecule has 0 bridgehead atoms. The standard InChI is InChI=1S/C17H16FN5O3S/c1-3-26-14(24)8-12-9-27-17(19-12)20-16(25)15-10(2)23(22-21-15)13-6-4-11(18)5-7-13/h4-7,9H,3,8H2,1-2H3,(H,19,20,25). The van der Waals surface area contributed by atoms with Crippen LogP contribution in [0, 0.1) is 12.7 Å². The molecule has 0 atom stereocenters. The van der Waals surface area contributed by atoms with Gasteiger partial charge in [0.05, 0.1) is 30.1 Å². The lowest BCUT2D eigenvalue weighted by Gasteiger charge is -2.03. The van der Waals surface area contributed by atoms with Crippen LogP contribution in [0.5, 0.6) is 0 Å². The first-order valence-electron chi connectivity index (χ1n) is 8.07. The monoisotopic (exact) mass is 389 g/mol. The molecule has 0 aliphatic carbocycles. The topological polar surface area (TPSA) is 99.0 Å². The van der Waals surface area contributed by atoms with Crippen molar-refractivity contribution in [2.45, 2.75) is 20.3 Å². The average Bonchev–Trinajstić information content (AvgIpc) is 3.22. The second kappa shape index (κ2) is 8.04. The summed E-state index contributed by atoms with van der Waals surface area (Å²) in [4.78, 5) is 28.1. The lowest BCUT2D eigenvalue weighted by molar-refractivity contribution is -0.142. The van der Waals surface area contributed by atoms with E-state index in [-0.39, 0.29) is 23.9 Å². The van der Waals surface area contributed by atoms with Crippen LogP contribution in [0.1, 0.15) is 28.8 Å². The number of thiazole rings is 1. The third kappa shape index (κ3) is 4.34. The summed E-state index contributed by atoms with van der Waals surface area (Å²) in [7, 11) is 0. The highest BCUT2D eigenvalue weighted by Crippen LogP contribution is 2.18. The molecule has 8 nitrogen and oxygen atoms in total. The van der Waals surface area contributed by atoms with Crippen molar-refractivity contribution in [3.05, 3.63) is 52.5 Å². The highest BCUT2D eigenvalue weighted by molar-refractivity contribution is 7.14. The number of anilines is 1. The molecule has 0 saturated carbocycles. The molecule has 1 amide bonds. The molecule has 3 aromatic rings. The molecule has 140 valence electrons. The first-order valence-corrected chi connectivity index (χ1v) is 8.95. The molecule has 2 heterocycles. The number of nitrogens with zero attached hydrogens (tertiary/aromatic N) is 4. The van der Waals surface area contributed by atoms with E-state index in [0.717, 1.165) is 0 Å². The van der Waals surface area contributed by atoms with Gasteiger partial charge in [-0.2, -0.15) is 0 Å². The van der Waals surface area contributed by atoms with Crippen molar-refractivity contribution in [3.8, 4) is 5.69 Å². The quantitative estimate of drug-likeness (QED) is 0.651. The van der Waals surface area contributed by atoms with Crippen LogP contribution in [-0.4, -0.2) is 38.5 Å². The van der Waals surface area contributed by atoms with Crippen molar-refractivity contribution >= 4 is 28.3 Å². The van der Waals surface area contributed by atoms with Crippen molar-refractivity contribution in [3.63, 3.8) is 0 Å². The number of rotatable bonds is 6. The zero-order chi connectivity index (χ0) is 19.4. The van der Waals surface area contributed by atoms with Crippen LogP contribution in [0.2, 0.25) is 0 Å². The van der Waals surface area contributed by atoms with Crippen LogP contribution in [0.4, 0.5) is 9.52 Å². The molecule has 10 heteroatoms. The Bertz CT molecular complexity index is 967. The Morgan fingerprint density at radius 1 is 1.30 bits per heavy atom. The van der Waals surface area contributed by atoms with E-state index in [4.69, 9.17) is 4.74 Å². The second-order valence-corrected chi connectivity index (χ2v) is 6.35. The Kier molecular flexibility index (Phi) is 5.55. The zero-order valence-electron chi connectivity index (χ0n) is 14.6. The lowest BCUT2D eigenvalue weighted by Crippen LogP contribution is -2.14. The first kappa shape index (κ1) is 18.6. The average molecular weight is 389 g/mol. The van der Waals surface area contributed by atoms with E-state index in [9.17, 15) is 14.0 Å². The van der Waals surface area contributed by atoms with E-state index in [1.165, 1.54) is 28.2 Å². The maximum Gasteiger partial charge on any atom is 0.311 e. The molecule has 0 radical (unpaired) electrons. The van der Waals surface area contributed by atoms with Gasteiger partial charge in [-0.3, -0.25) is 14.9 Å². The summed E-state index contributed by atoms with van der Waals surface area (Å²) >= 11 is 1.20. The van der Waals surface area contributed by atoms with Gasteiger partial charge in [0.2, 0.25) is 0 Å². The number of halogens is 1. The number of carbonyl (C=O) groups excluding carboxylic acids is 2. The number of benzene rings is 1. The summed E-state index contributed by atoms with van der Waals surface area (Å²) in [5.41, 5.74) is 1.73. The number of hydrogen-bond donors (Lipinski definition) is 1. The second-order valence-electron chi connectivity index (χ2n) is 5.49. The number of ether oxygens (including phenoxy) is 1. The number of hydrogen-bond acceptors (Lipinski definition) is 7. The summed E-state index contributed by atoms with van der Waals surface area (Å²) in [5.74, 6) is -1.21. The molecule has 1 aromatic carbocycles. The molecule has 2 aromatic heterocycles. The van der Waals surface area contributed by atoms with E-state index >= 15 is 0 Å². The van der Waals surface area contributed by atoms with Crippen LogP contribution in [0.15, 0.2) is 29.6 Å². The predicted molar refractivity (Wildman–Crippen MR) is 96.5 cm³/mol. The number of aromatic nitrogens is 4. The molecule has 27 heavy (non-hydrogen) atoms. The summed E-state index contributed by atoms with van der Waals surface area (Å²) in [6.45, 7) is 3.72. The molecule has 0 unspecified atom stereocenters. The Hall–Kier alpha value is -3.14. The molecule has 0 spiro atoms. The highest BCUT2D eigenvalue weighted by atomic mass is 32.1. The third-order valence-electron chi connectivity index (χ3n) is 3.58. The zero-order valence-corrected chi connectivity index (χ0v) is 15.4. The molecule has 3 rings (SSSR count). The smallest absolute Gasteiger partial charge is 0.311 e. The van der Waals surface area contributed by atoms with Gasteiger partial charge in [0, 0.05) is 5.38 Å². The fourth-order valence-electron chi connectivity index (χ4n) is 2.33. The summed E-state index contributed by atoms with van der Waals surface area (Å²) in [6, 6.07) is 5.69. The van der Waals surface area contributed by atoms with Gasteiger partial charge in [-0.05, 0) is 38.1 Å². The van der Waals surface area contributed by atoms with Gasteiger partial charge < -0.3 is 4.74 Å². The van der Waals surface area contributed by atoms with E-state index in [1.54, 1.807) is 31.4 Å².